The average molecular weight is 288 g/mol. The van der Waals surface area contributed by atoms with Crippen molar-refractivity contribution in [2.45, 2.75) is 38.0 Å². The van der Waals surface area contributed by atoms with E-state index in [1.165, 1.54) is 16.7 Å². The summed E-state index contributed by atoms with van der Waals surface area (Å²) < 4.78 is 14.7. The Morgan fingerprint density at radius 2 is 1.90 bits per heavy atom. The predicted molar refractivity (Wildman–Crippen MR) is 83.1 cm³/mol. The lowest BCUT2D eigenvalue weighted by molar-refractivity contribution is 0.658. The molecule has 2 rings (SSSR count). The molecule has 106 valence electrons. The van der Waals surface area contributed by atoms with Gasteiger partial charge in [-0.2, -0.15) is 0 Å². The van der Waals surface area contributed by atoms with Crippen LogP contribution < -0.4 is 0 Å². The highest BCUT2D eigenvalue weighted by Crippen LogP contribution is 2.25. The summed E-state index contributed by atoms with van der Waals surface area (Å²) in [4.78, 5) is 4.91. The molecule has 0 radical (unpaired) electrons. The van der Waals surface area contributed by atoms with Gasteiger partial charge in [-0.3, -0.25) is 4.21 Å². The van der Waals surface area contributed by atoms with E-state index in [0.717, 1.165) is 4.90 Å². The summed E-state index contributed by atoms with van der Waals surface area (Å²) in [7, 11) is -1.14. The number of nitrogens with zero attached hydrogens (tertiary/aromatic N) is 2. The molecule has 0 bridgehead atoms. The second-order valence-electron chi connectivity index (χ2n) is 4.91. The SMILES string of the molecule is CC=CC(n1ccnc1)S(=O)c1cc(C)c(C)c(C)c1. The van der Waals surface area contributed by atoms with Crippen LogP contribution in [0.2, 0.25) is 0 Å². The molecule has 0 spiro atoms. The smallest absolute Gasteiger partial charge is 0.133 e. The molecule has 0 amide bonds. The lowest BCUT2D eigenvalue weighted by Gasteiger charge is -2.16. The Bertz CT molecular complexity index is 621. The van der Waals surface area contributed by atoms with E-state index in [-0.39, 0.29) is 5.37 Å². The minimum atomic E-state index is -1.14. The van der Waals surface area contributed by atoms with E-state index in [1.54, 1.807) is 12.5 Å². The topological polar surface area (TPSA) is 34.9 Å². The maximum absolute atomic E-state index is 12.9. The van der Waals surface area contributed by atoms with Crippen molar-refractivity contribution in [2.24, 2.45) is 0 Å². The number of benzene rings is 1. The number of aromatic nitrogens is 2. The van der Waals surface area contributed by atoms with Gasteiger partial charge in [-0.05, 0) is 56.5 Å². The molecule has 0 saturated carbocycles. The van der Waals surface area contributed by atoms with Crippen LogP contribution in [0.25, 0.3) is 0 Å². The summed E-state index contributed by atoms with van der Waals surface area (Å²) in [5, 5.41) is -0.219. The normalized spacial score (nSPS) is 14.6. The Hall–Kier alpha value is -1.68. The number of hydrogen-bond donors (Lipinski definition) is 0. The van der Waals surface area contributed by atoms with Gasteiger partial charge in [0.1, 0.15) is 5.37 Å². The molecule has 0 N–H and O–H groups in total. The van der Waals surface area contributed by atoms with Gasteiger partial charge in [0, 0.05) is 17.3 Å². The zero-order valence-corrected chi connectivity index (χ0v) is 13.1. The molecule has 1 aromatic heterocycles. The van der Waals surface area contributed by atoms with Crippen molar-refractivity contribution >= 4 is 10.8 Å². The number of allylic oxidation sites excluding steroid dienone is 1. The molecule has 0 aliphatic rings. The fraction of sp³-hybridized carbons (Fsp3) is 0.312. The third-order valence-corrected chi connectivity index (χ3v) is 5.07. The van der Waals surface area contributed by atoms with E-state index in [1.807, 2.05) is 42.0 Å². The van der Waals surface area contributed by atoms with E-state index in [9.17, 15) is 4.21 Å². The summed E-state index contributed by atoms with van der Waals surface area (Å²) in [5.74, 6) is 0. The molecule has 0 saturated heterocycles. The molecule has 0 fully saturated rings. The molecule has 3 nitrogen and oxygen atoms in total. The number of imidazole rings is 1. The Labute approximate surface area is 122 Å². The first-order valence-electron chi connectivity index (χ1n) is 6.63. The highest BCUT2D eigenvalue weighted by Gasteiger charge is 2.18. The van der Waals surface area contributed by atoms with Crippen LogP contribution in [0.5, 0.6) is 0 Å². The average Bonchev–Trinajstić information content (AvgIpc) is 2.94. The fourth-order valence-corrected chi connectivity index (χ4v) is 3.63. The second-order valence-corrected chi connectivity index (χ2v) is 6.45. The lowest BCUT2D eigenvalue weighted by Crippen LogP contribution is -2.12. The molecular weight excluding hydrogens is 268 g/mol. The van der Waals surface area contributed by atoms with Gasteiger partial charge in [0.2, 0.25) is 0 Å². The van der Waals surface area contributed by atoms with Crippen molar-refractivity contribution in [1.29, 1.82) is 0 Å². The lowest BCUT2D eigenvalue weighted by atomic mass is 10.1. The molecule has 2 atom stereocenters. The van der Waals surface area contributed by atoms with Gasteiger partial charge in [0.05, 0.1) is 17.1 Å². The quantitative estimate of drug-likeness (QED) is 0.804. The first kappa shape index (κ1) is 14.7. The van der Waals surface area contributed by atoms with Crippen LogP contribution in [0, 0.1) is 20.8 Å². The van der Waals surface area contributed by atoms with Gasteiger partial charge < -0.3 is 4.57 Å². The molecule has 0 aliphatic heterocycles. The van der Waals surface area contributed by atoms with Gasteiger partial charge in [0.25, 0.3) is 0 Å². The Balaban J connectivity index is 2.43. The third kappa shape index (κ3) is 2.90. The molecule has 1 aromatic carbocycles. The van der Waals surface area contributed by atoms with E-state index < -0.39 is 10.8 Å². The monoisotopic (exact) mass is 288 g/mol. The Morgan fingerprint density at radius 1 is 1.25 bits per heavy atom. The summed E-state index contributed by atoms with van der Waals surface area (Å²) in [6, 6.07) is 4.04. The van der Waals surface area contributed by atoms with Gasteiger partial charge in [-0.25, -0.2) is 4.98 Å². The van der Waals surface area contributed by atoms with Gasteiger partial charge in [0.15, 0.2) is 0 Å². The maximum atomic E-state index is 12.9. The summed E-state index contributed by atoms with van der Waals surface area (Å²) in [6.45, 7) is 8.15. The number of aryl methyl sites for hydroxylation is 2. The van der Waals surface area contributed by atoms with E-state index in [4.69, 9.17) is 0 Å². The van der Waals surface area contributed by atoms with Gasteiger partial charge in [-0.1, -0.05) is 12.2 Å². The van der Waals surface area contributed by atoms with Crippen LogP contribution in [0.4, 0.5) is 0 Å². The van der Waals surface area contributed by atoms with Crippen molar-refractivity contribution in [3.8, 4) is 0 Å². The Kier molecular flexibility index (Phi) is 4.55. The van der Waals surface area contributed by atoms with Gasteiger partial charge in [-0.15, -0.1) is 0 Å². The molecule has 2 unspecified atom stereocenters. The summed E-state index contributed by atoms with van der Waals surface area (Å²) in [5.41, 5.74) is 3.62. The minimum absolute atomic E-state index is 0.219. The highest BCUT2D eigenvalue weighted by molar-refractivity contribution is 7.85. The molecule has 20 heavy (non-hydrogen) atoms. The zero-order chi connectivity index (χ0) is 14.7. The zero-order valence-electron chi connectivity index (χ0n) is 12.3. The summed E-state index contributed by atoms with van der Waals surface area (Å²) >= 11 is 0. The molecule has 0 aliphatic carbocycles. The van der Waals surface area contributed by atoms with Gasteiger partial charge >= 0.3 is 0 Å². The maximum Gasteiger partial charge on any atom is 0.133 e. The first-order valence-corrected chi connectivity index (χ1v) is 7.84. The molecule has 2 aromatic rings. The Morgan fingerprint density at radius 3 is 2.40 bits per heavy atom. The largest absolute Gasteiger partial charge is 0.318 e. The number of rotatable bonds is 4. The van der Waals surface area contributed by atoms with Crippen LogP contribution >= 0.6 is 0 Å². The standard InChI is InChI=1S/C16H20N2OS/c1-5-6-16(18-8-7-17-11-18)20(19)15-9-12(2)14(4)13(3)10-15/h5-11,16H,1-4H3. The third-order valence-electron chi connectivity index (χ3n) is 3.53. The summed E-state index contributed by atoms with van der Waals surface area (Å²) in [6.07, 6.45) is 9.13. The van der Waals surface area contributed by atoms with Crippen molar-refractivity contribution < 1.29 is 4.21 Å². The molecule has 1 heterocycles. The fourth-order valence-electron chi connectivity index (χ4n) is 2.12. The van der Waals surface area contributed by atoms with Crippen LogP contribution in [-0.4, -0.2) is 13.8 Å². The van der Waals surface area contributed by atoms with Crippen molar-refractivity contribution in [3.05, 3.63) is 59.7 Å². The van der Waals surface area contributed by atoms with Crippen molar-refractivity contribution in [2.75, 3.05) is 0 Å². The predicted octanol–water partition coefficient (Wildman–Crippen LogP) is 3.69. The van der Waals surface area contributed by atoms with Crippen LogP contribution in [-0.2, 0) is 10.8 Å². The van der Waals surface area contributed by atoms with Crippen LogP contribution in [0.1, 0.15) is 29.0 Å². The van der Waals surface area contributed by atoms with Crippen molar-refractivity contribution in [3.63, 3.8) is 0 Å². The van der Waals surface area contributed by atoms with Crippen molar-refractivity contribution in [1.82, 2.24) is 9.55 Å². The number of hydrogen-bond acceptors (Lipinski definition) is 2. The molecular formula is C16H20N2OS. The van der Waals surface area contributed by atoms with E-state index in [0.29, 0.717) is 0 Å². The van der Waals surface area contributed by atoms with Crippen LogP contribution in [0.3, 0.4) is 0 Å². The highest BCUT2D eigenvalue weighted by atomic mass is 32.2. The second kappa shape index (κ2) is 6.18. The van der Waals surface area contributed by atoms with E-state index in [2.05, 4.69) is 25.8 Å². The molecule has 4 heteroatoms. The van der Waals surface area contributed by atoms with E-state index >= 15 is 0 Å². The minimum Gasteiger partial charge on any atom is -0.318 e. The van der Waals surface area contributed by atoms with Crippen LogP contribution in [0.15, 0.2) is 47.9 Å². The first-order chi connectivity index (χ1) is 9.54.